The van der Waals surface area contributed by atoms with Gasteiger partial charge in [0.05, 0.1) is 0 Å². The highest BCUT2D eigenvalue weighted by atomic mass is 16.1. The fourth-order valence-corrected chi connectivity index (χ4v) is 5.88. The van der Waals surface area contributed by atoms with Gasteiger partial charge in [-0.1, -0.05) is 38.2 Å². The number of rotatable bonds is 0. The van der Waals surface area contributed by atoms with Crippen LogP contribution in [0.25, 0.3) is 0 Å². The Hall–Kier alpha value is -1.18. The predicted octanol–water partition coefficient (Wildman–Crippen LogP) is 3.72. The summed E-state index contributed by atoms with van der Waals surface area (Å²) in [5.41, 5.74) is -0.126. The maximum Gasteiger partial charge on any atom is 0.144 e. The largest absolute Gasteiger partial charge is 0.299 e. The van der Waals surface area contributed by atoms with Gasteiger partial charge in [0.25, 0.3) is 0 Å². The van der Waals surface area contributed by atoms with Crippen LogP contribution in [0.1, 0.15) is 46.0 Å². The number of hydrogen-bond donors (Lipinski definition) is 0. The van der Waals surface area contributed by atoms with E-state index in [4.69, 9.17) is 0 Å². The van der Waals surface area contributed by atoms with Gasteiger partial charge < -0.3 is 0 Å². The molecule has 0 bridgehead atoms. The lowest BCUT2D eigenvalue weighted by Gasteiger charge is -2.54. The fourth-order valence-electron chi connectivity index (χ4n) is 5.88. The van der Waals surface area contributed by atoms with E-state index in [1.165, 1.54) is 0 Å². The van der Waals surface area contributed by atoms with Gasteiger partial charge in [-0.3, -0.25) is 9.59 Å². The van der Waals surface area contributed by atoms with Crippen LogP contribution in [0.15, 0.2) is 24.3 Å². The van der Waals surface area contributed by atoms with E-state index in [1.807, 2.05) is 0 Å². The molecule has 0 radical (unpaired) electrons. The van der Waals surface area contributed by atoms with Crippen LogP contribution in [-0.4, -0.2) is 11.6 Å². The zero-order valence-corrected chi connectivity index (χ0v) is 13.0. The molecule has 1 unspecified atom stereocenters. The molecule has 0 heterocycles. The summed E-state index contributed by atoms with van der Waals surface area (Å²) in [6, 6.07) is 0. The van der Waals surface area contributed by atoms with E-state index in [0.717, 1.165) is 25.7 Å². The lowest BCUT2D eigenvalue weighted by atomic mass is 9.48. The highest BCUT2D eigenvalue weighted by molar-refractivity contribution is 5.88. The second-order valence-electron chi connectivity index (χ2n) is 8.01. The molecule has 2 saturated carbocycles. The predicted molar refractivity (Wildman–Crippen MR) is 81.6 cm³/mol. The number of allylic oxidation sites excluding steroid dienone is 4. The van der Waals surface area contributed by atoms with Crippen LogP contribution in [0.2, 0.25) is 0 Å². The van der Waals surface area contributed by atoms with Gasteiger partial charge in [0.15, 0.2) is 0 Å². The summed E-state index contributed by atoms with van der Waals surface area (Å²) >= 11 is 0. The molecule has 0 aromatic rings. The Morgan fingerprint density at radius 2 is 1.90 bits per heavy atom. The van der Waals surface area contributed by atoms with Gasteiger partial charge in [-0.05, 0) is 37.0 Å². The molecule has 21 heavy (non-hydrogen) atoms. The van der Waals surface area contributed by atoms with Crippen molar-refractivity contribution in [3.8, 4) is 0 Å². The Balaban J connectivity index is 1.77. The third-order valence-corrected chi connectivity index (χ3v) is 7.18. The number of fused-ring (bicyclic) bond motifs is 5. The van der Waals surface area contributed by atoms with Crippen molar-refractivity contribution in [1.29, 1.82) is 0 Å². The van der Waals surface area contributed by atoms with Gasteiger partial charge in [-0.25, -0.2) is 0 Å². The molecule has 0 saturated heterocycles. The summed E-state index contributed by atoms with van der Waals surface area (Å²) in [7, 11) is 0. The molecule has 0 aromatic heterocycles. The number of hydrogen-bond acceptors (Lipinski definition) is 2. The van der Waals surface area contributed by atoms with Crippen molar-refractivity contribution in [3.05, 3.63) is 24.3 Å². The number of carbonyl (C=O) groups is 2. The molecule has 4 aliphatic rings. The van der Waals surface area contributed by atoms with Gasteiger partial charge in [0, 0.05) is 29.6 Å². The maximum atomic E-state index is 12.3. The van der Waals surface area contributed by atoms with E-state index < -0.39 is 0 Å². The molecule has 0 spiro atoms. The minimum Gasteiger partial charge on any atom is -0.299 e. The molecule has 2 heteroatoms. The first-order valence-electron chi connectivity index (χ1n) is 8.39. The average Bonchev–Trinajstić information content (AvgIpc) is 2.75. The summed E-state index contributed by atoms with van der Waals surface area (Å²) in [6.45, 7) is 4.46. The standard InChI is InChI=1S/C19H24O2/c1-18-10-3-4-16(20)15(18)6-5-12-13-7-8-17(21)19(13,2)11-9-14(12)18/h3,5-6,10,12-15H,4,7-9,11H2,1-2H3/t12-,13-,14-,15?,18+,19-/m0/s1. The van der Waals surface area contributed by atoms with E-state index in [9.17, 15) is 9.59 Å². The van der Waals surface area contributed by atoms with Crippen molar-refractivity contribution in [2.75, 3.05) is 0 Å². The van der Waals surface area contributed by atoms with Crippen molar-refractivity contribution >= 4 is 11.6 Å². The Bertz CT molecular complexity index is 572. The van der Waals surface area contributed by atoms with E-state index >= 15 is 0 Å². The minimum absolute atomic E-state index is 0.0261. The molecule has 2 nitrogen and oxygen atoms in total. The Labute approximate surface area is 126 Å². The van der Waals surface area contributed by atoms with Gasteiger partial charge >= 0.3 is 0 Å². The van der Waals surface area contributed by atoms with Crippen molar-refractivity contribution in [2.45, 2.75) is 46.0 Å². The second-order valence-corrected chi connectivity index (χ2v) is 8.01. The van der Waals surface area contributed by atoms with Crippen molar-refractivity contribution in [2.24, 2.45) is 34.5 Å². The summed E-state index contributed by atoms with van der Waals surface area (Å²) in [4.78, 5) is 24.6. The summed E-state index contributed by atoms with van der Waals surface area (Å²) < 4.78 is 0. The molecule has 2 fully saturated rings. The summed E-state index contributed by atoms with van der Waals surface area (Å²) in [5, 5.41) is 0. The van der Waals surface area contributed by atoms with Gasteiger partial charge in [-0.15, -0.1) is 0 Å². The van der Waals surface area contributed by atoms with Crippen LogP contribution >= 0.6 is 0 Å². The molecule has 0 amide bonds. The van der Waals surface area contributed by atoms with Crippen LogP contribution in [0.4, 0.5) is 0 Å². The topological polar surface area (TPSA) is 34.1 Å². The Morgan fingerprint density at radius 1 is 1.10 bits per heavy atom. The SMILES string of the molecule is C[C@]12C=CCC(=O)C1C=C[C@@H]1[C@@H]2CC[C@]2(C)C(=O)CC[C@@H]12. The third kappa shape index (κ3) is 1.59. The normalized spacial score (nSPS) is 51.5. The molecule has 4 rings (SSSR count). The van der Waals surface area contributed by atoms with Crippen LogP contribution in [0.5, 0.6) is 0 Å². The van der Waals surface area contributed by atoms with E-state index in [-0.39, 0.29) is 16.7 Å². The molecular formula is C19H24O2. The molecule has 6 atom stereocenters. The van der Waals surface area contributed by atoms with E-state index in [2.05, 4.69) is 38.2 Å². The molecule has 0 aromatic carbocycles. The number of Topliss-reactive ketones (excluding diaryl/α,β-unsaturated/α-hetero) is 2. The quantitative estimate of drug-likeness (QED) is 0.635. The second kappa shape index (κ2) is 4.18. The minimum atomic E-state index is -0.100. The lowest BCUT2D eigenvalue weighted by molar-refractivity contribution is -0.134. The summed E-state index contributed by atoms with van der Waals surface area (Å²) in [6.07, 6.45) is 13.3. The molecule has 4 aliphatic carbocycles. The van der Waals surface area contributed by atoms with Crippen LogP contribution < -0.4 is 0 Å². The average molecular weight is 284 g/mol. The molecule has 112 valence electrons. The molecular weight excluding hydrogens is 260 g/mol. The van der Waals surface area contributed by atoms with Gasteiger partial charge in [0.2, 0.25) is 0 Å². The fraction of sp³-hybridized carbons (Fsp3) is 0.684. The van der Waals surface area contributed by atoms with E-state index in [0.29, 0.717) is 35.7 Å². The zero-order valence-electron chi connectivity index (χ0n) is 13.0. The first-order chi connectivity index (χ1) is 9.97. The molecule has 0 aliphatic heterocycles. The Morgan fingerprint density at radius 3 is 2.71 bits per heavy atom. The lowest BCUT2D eigenvalue weighted by Crippen LogP contribution is -2.51. The number of carbonyl (C=O) groups excluding carboxylic acids is 2. The van der Waals surface area contributed by atoms with Crippen molar-refractivity contribution < 1.29 is 9.59 Å². The monoisotopic (exact) mass is 284 g/mol. The Kier molecular flexibility index (Phi) is 2.68. The van der Waals surface area contributed by atoms with Crippen molar-refractivity contribution in [1.82, 2.24) is 0 Å². The summed E-state index contributed by atoms with van der Waals surface area (Å²) in [5.74, 6) is 2.39. The first kappa shape index (κ1) is 13.5. The van der Waals surface area contributed by atoms with E-state index in [1.54, 1.807) is 0 Å². The van der Waals surface area contributed by atoms with Gasteiger partial charge in [-0.2, -0.15) is 0 Å². The first-order valence-corrected chi connectivity index (χ1v) is 8.39. The van der Waals surface area contributed by atoms with Crippen molar-refractivity contribution in [3.63, 3.8) is 0 Å². The van der Waals surface area contributed by atoms with Crippen LogP contribution in [0, 0.1) is 34.5 Å². The highest BCUT2D eigenvalue weighted by Gasteiger charge is 2.58. The van der Waals surface area contributed by atoms with Crippen LogP contribution in [0.3, 0.4) is 0 Å². The van der Waals surface area contributed by atoms with Gasteiger partial charge in [0.1, 0.15) is 11.6 Å². The zero-order chi connectivity index (χ0) is 14.8. The third-order valence-electron chi connectivity index (χ3n) is 7.18. The maximum absolute atomic E-state index is 12.3. The molecule has 0 N–H and O–H groups in total. The van der Waals surface area contributed by atoms with Crippen LogP contribution in [-0.2, 0) is 9.59 Å². The smallest absolute Gasteiger partial charge is 0.144 e. The number of ketones is 2. The highest BCUT2D eigenvalue weighted by Crippen LogP contribution is 2.62.